The Morgan fingerprint density at radius 2 is 1.96 bits per heavy atom. The smallest absolute Gasteiger partial charge is 0.251 e. The van der Waals surface area contributed by atoms with Crippen LogP contribution in [0.4, 0.5) is 4.39 Å². The van der Waals surface area contributed by atoms with Gasteiger partial charge in [-0.3, -0.25) is 4.79 Å². The van der Waals surface area contributed by atoms with E-state index in [1.54, 1.807) is 36.4 Å². The molecule has 1 heterocycles. The van der Waals surface area contributed by atoms with Crippen molar-refractivity contribution in [3.8, 4) is 5.75 Å². The molecule has 27 heavy (non-hydrogen) atoms. The summed E-state index contributed by atoms with van der Waals surface area (Å²) >= 11 is 0. The second kappa shape index (κ2) is 8.03. The highest BCUT2D eigenvalue weighted by molar-refractivity contribution is 5.94. The van der Waals surface area contributed by atoms with Crippen molar-refractivity contribution in [3.05, 3.63) is 82.5 Å². The number of amides is 1. The minimum atomic E-state index is -0.305. The second-order valence-electron chi connectivity index (χ2n) is 6.37. The van der Waals surface area contributed by atoms with Gasteiger partial charge in [-0.15, -0.1) is 0 Å². The van der Waals surface area contributed by atoms with Crippen LogP contribution in [0.5, 0.6) is 5.75 Å². The van der Waals surface area contributed by atoms with E-state index in [1.165, 1.54) is 12.1 Å². The number of aromatic nitrogens is 1. The van der Waals surface area contributed by atoms with Crippen molar-refractivity contribution >= 4 is 5.91 Å². The zero-order valence-corrected chi connectivity index (χ0v) is 15.5. The lowest BCUT2D eigenvalue weighted by Gasteiger charge is -2.15. The van der Waals surface area contributed by atoms with Crippen molar-refractivity contribution in [2.24, 2.45) is 0 Å². The summed E-state index contributed by atoms with van der Waals surface area (Å²) in [5.74, 6) is 0.765. The van der Waals surface area contributed by atoms with E-state index in [0.29, 0.717) is 17.9 Å². The Hall–Kier alpha value is -3.15. The predicted molar refractivity (Wildman–Crippen MR) is 99.0 cm³/mol. The van der Waals surface area contributed by atoms with E-state index >= 15 is 0 Å². The van der Waals surface area contributed by atoms with Gasteiger partial charge in [0.15, 0.2) is 0 Å². The van der Waals surface area contributed by atoms with E-state index in [9.17, 15) is 9.18 Å². The molecule has 0 bridgehead atoms. The van der Waals surface area contributed by atoms with E-state index in [0.717, 1.165) is 22.6 Å². The van der Waals surface area contributed by atoms with Gasteiger partial charge < -0.3 is 14.6 Å². The Morgan fingerprint density at radius 3 is 2.63 bits per heavy atom. The number of nitrogens with zero attached hydrogens (tertiary/aromatic N) is 1. The highest BCUT2D eigenvalue weighted by Crippen LogP contribution is 2.19. The van der Waals surface area contributed by atoms with Crippen LogP contribution in [0.25, 0.3) is 0 Å². The standard InChI is InChI=1S/C21H21FN2O3/c1-13(16-7-9-18(22)10-8-16)23-21(25)17-5-4-6-19(11-17)26-12-20-14(2)24-27-15(20)3/h4-11,13H,12H2,1-3H3,(H,23,25)/t13-/m1/s1. The highest BCUT2D eigenvalue weighted by Gasteiger charge is 2.13. The molecule has 1 N–H and O–H groups in total. The maximum absolute atomic E-state index is 13.0. The summed E-state index contributed by atoms with van der Waals surface area (Å²) < 4.78 is 23.9. The first kappa shape index (κ1) is 18.6. The maximum atomic E-state index is 13.0. The Morgan fingerprint density at radius 1 is 1.22 bits per heavy atom. The van der Waals surface area contributed by atoms with Crippen molar-refractivity contribution in [1.29, 1.82) is 0 Å². The topological polar surface area (TPSA) is 64.4 Å². The Kier molecular flexibility index (Phi) is 5.54. The van der Waals surface area contributed by atoms with Gasteiger partial charge in [0.1, 0.15) is 23.9 Å². The van der Waals surface area contributed by atoms with Crippen LogP contribution in [0.15, 0.2) is 53.1 Å². The molecule has 0 aliphatic rings. The first-order chi connectivity index (χ1) is 12.9. The number of halogens is 1. The average molecular weight is 368 g/mol. The fourth-order valence-electron chi connectivity index (χ4n) is 2.71. The van der Waals surface area contributed by atoms with E-state index in [2.05, 4.69) is 10.5 Å². The molecule has 0 saturated heterocycles. The summed E-state index contributed by atoms with van der Waals surface area (Å²) in [6.07, 6.45) is 0. The summed E-state index contributed by atoms with van der Waals surface area (Å²) in [6.45, 7) is 5.86. The molecule has 1 aromatic heterocycles. The number of nitrogens with one attached hydrogen (secondary N) is 1. The van der Waals surface area contributed by atoms with E-state index in [1.807, 2.05) is 20.8 Å². The summed E-state index contributed by atoms with van der Waals surface area (Å²) in [6, 6.07) is 12.8. The monoisotopic (exact) mass is 368 g/mol. The molecular weight excluding hydrogens is 347 g/mol. The second-order valence-corrected chi connectivity index (χ2v) is 6.37. The van der Waals surface area contributed by atoms with Crippen LogP contribution >= 0.6 is 0 Å². The van der Waals surface area contributed by atoms with E-state index in [4.69, 9.17) is 9.26 Å². The number of benzene rings is 2. The third-order valence-electron chi connectivity index (χ3n) is 4.38. The molecule has 3 rings (SSSR count). The molecule has 1 atom stereocenters. The zero-order chi connectivity index (χ0) is 19.4. The van der Waals surface area contributed by atoms with Crippen molar-refractivity contribution in [2.75, 3.05) is 0 Å². The van der Waals surface area contributed by atoms with Crippen LogP contribution in [-0.2, 0) is 6.61 Å². The number of carbonyl (C=O) groups is 1. The average Bonchev–Trinajstić information content (AvgIpc) is 2.98. The molecule has 1 amide bonds. The quantitative estimate of drug-likeness (QED) is 0.696. The zero-order valence-electron chi connectivity index (χ0n) is 15.5. The van der Waals surface area contributed by atoms with Crippen LogP contribution in [0.3, 0.4) is 0 Å². The molecule has 6 heteroatoms. The van der Waals surface area contributed by atoms with Gasteiger partial charge >= 0.3 is 0 Å². The van der Waals surface area contributed by atoms with Gasteiger partial charge in [0.2, 0.25) is 0 Å². The first-order valence-electron chi connectivity index (χ1n) is 8.65. The molecule has 140 valence electrons. The Bertz CT molecular complexity index is 915. The number of carbonyl (C=O) groups excluding carboxylic acids is 1. The number of ether oxygens (including phenoxy) is 1. The van der Waals surface area contributed by atoms with Gasteiger partial charge in [0.05, 0.1) is 17.3 Å². The third-order valence-corrected chi connectivity index (χ3v) is 4.38. The number of aryl methyl sites for hydroxylation is 2. The van der Waals surface area contributed by atoms with Gasteiger partial charge in [-0.25, -0.2) is 4.39 Å². The lowest BCUT2D eigenvalue weighted by Crippen LogP contribution is -2.26. The first-order valence-corrected chi connectivity index (χ1v) is 8.65. The van der Waals surface area contributed by atoms with Gasteiger partial charge in [0.25, 0.3) is 5.91 Å². The number of hydrogen-bond acceptors (Lipinski definition) is 4. The number of rotatable bonds is 6. The molecule has 3 aromatic rings. The fourth-order valence-corrected chi connectivity index (χ4v) is 2.71. The van der Waals surface area contributed by atoms with Gasteiger partial charge in [-0.05, 0) is 56.7 Å². The lowest BCUT2D eigenvalue weighted by molar-refractivity contribution is 0.0939. The van der Waals surface area contributed by atoms with Crippen LogP contribution in [0.1, 0.15) is 45.9 Å². The lowest BCUT2D eigenvalue weighted by atomic mass is 10.1. The molecule has 0 aliphatic carbocycles. The van der Waals surface area contributed by atoms with Crippen molar-refractivity contribution in [2.45, 2.75) is 33.4 Å². The van der Waals surface area contributed by atoms with Crippen molar-refractivity contribution in [1.82, 2.24) is 10.5 Å². The van der Waals surface area contributed by atoms with Gasteiger partial charge in [0, 0.05) is 5.56 Å². The molecule has 0 radical (unpaired) electrons. The SMILES string of the molecule is Cc1noc(C)c1COc1cccc(C(=O)N[C@H](C)c2ccc(F)cc2)c1. The normalized spacial score (nSPS) is 11.9. The third kappa shape index (κ3) is 4.53. The molecule has 0 unspecified atom stereocenters. The minimum absolute atomic E-state index is 0.227. The van der Waals surface area contributed by atoms with Gasteiger partial charge in [-0.2, -0.15) is 0 Å². The van der Waals surface area contributed by atoms with E-state index < -0.39 is 0 Å². The van der Waals surface area contributed by atoms with Crippen molar-refractivity contribution < 1.29 is 18.4 Å². The largest absolute Gasteiger partial charge is 0.489 e. The minimum Gasteiger partial charge on any atom is -0.489 e. The molecule has 0 fully saturated rings. The molecular formula is C21H21FN2O3. The molecule has 0 saturated carbocycles. The van der Waals surface area contributed by atoms with Crippen molar-refractivity contribution in [3.63, 3.8) is 0 Å². The summed E-state index contributed by atoms with van der Waals surface area (Å²) in [7, 11) is 0. The highest BCUT2D eigenvalue weighted by atomic mass is 19.1. The van der Waals surface area contributed by atoms with Gasteiger partial charge in [-0.1, -0.05) is 23.4 Å². The molecule has 5 nitrogen and oxygen atoms in total. The Labute approximate surface area is 157 Å². The fraction of sp³-hybridized carbons (Fsp3) is 0.238. The van der Waals surface area contributed by atoms with Crippen LogP contribution in [0, 0.1) is 19.7 Å². The summed E-state index contributed by atoms with van der Waals surface area (Å²) in [4.78, 5) is 12.5. The van der Waals surface area contributed by atoms with E-state index in [-0.39, 0.29) is 17.8 Å². The van der Waals surface area contributed by atoms with Crippen LogP contribution in [-0.4, -0.2) is 11.1 Å². The summed E-state index contributed by atoms with van der Waals surface area (Å²) in [5.41, 5.74) is 3.00. The Balaban J connectivity index is 1.65. The van der Waals surface area contributed by atoms with Crippen LogP contribution in [0.2, 0.25) is 0 Å². The number of hydrogen-bond donors (Lipinski definition) is 1. The molecule has 0 aliphatic heterocycles. The summed E-state index contributed by atoms with van der Waals surface area (Å²) in [5, 5.41) is 6.80. The molecule has 0 spiro atoms. The van der Waals surface area contributed by atoms with Crippen LogP contribution < -0.4 is 10.1 Å². The molecule has 2 aromatic carbocycles. The predicted octanol–water partition coefficient (Wildman–Crippen LogP) is 4.50. The maximum Gasteiger partial charge on any atom is 0.251 e.